The number of hydrogen-bond donors (Lipinski definition) is 2. The van der Waals surface area contributed by atoms with Crippen LogP contribution in [0.15, 0.2) is 18.5 Å². The summed E-state index contributed by atoms with van der Waals surface area (Å²) in [4.78, 5) is 3.80. The van der Waals surface area contributed by atoms with Gasteiger partial charge < -0.3 is 0 Å². The molecule has 70 valence electrons. The lowest BCUT2D eigenvalue weighted by molar-refractivity contribution is 0.663. The number of nitrogens with one attached hydrogen (secondary N) is 2. The molecule has 1 aromatic rings. The molecule has 0 unspecified atom stereocenters. The van der Waals surface area contributed by atoms with Crippen LogP contribution < -0.4 is 5.62 Å². The second kappa shape index (κ2) is 3.98. The van der Waals surface area contributed by atoms with E-state index >= 15 is 0 Å². The second-order valence-electron chi connectivity index (χ2n) is 3.36. The Labute approximate surface area is 77.3 Å². The summed E-state index contributed by atoms with van der Waals surface area (Å²) < 4.78 is 1.49. The smallest absolute Gasteiger partial charge is 0.227 e. The maximum atomic E-state index is 7.70. The van der Waals surface area contributed by atoms with Crippen molar-refractivity contribution in [1.82, 2.24) is 9.55 Å². The molecule has 0 saturated carbocycles. The van der Waals surface area contributed by atoms with Gasteiger partial charge in [0.15, 0.2) is 0 Å². The first kappa shape index (κ1) is 9.64. The predicted molar refractivity (Wildman–Crippen MR) is 50.7 cm³/mol. The zero-order chi connectivity index (χ0) is 9.84. The first-order valence-electron chi connectivity index (χ1n) is 4.27. The van der Waals surface area contributed by atoms with Gasteiger partial charge in [-0.2, -0.15) is 0 Å². The Morgan fingerprint density at radius 1 is 1.62 bits per heavy atom. The third kappa shape index (κ3) is 2.50. The SMILES string of the molecule is CC(C)CC(=N)n1cccnc1=N. The molecule has 0 aliphatic heterocycles. The van der Waals surface area contributed by atoms with Gasteiger partial charge in [0.25, 0.3) is 0 Å². The van der Waals surface area contributed by atoms with Crippen LogP contribution in [0.1, 0.15) is 20.3 Å². The van der Waals surface area contributed by atoms with Crippen LogP contribution >= 0.6 is 0 Å². The summed E-state index contributed by atoms with van der Waals surface area (Å²) in [7, 11) is 0. The van der Waals surface area contributed by atoms with Gasteiger partial charge in [-0.25, -0.2) is 4.98 Å². The lowest BCUT2D eigenvalue weighted by atomic mass is 10.1. The summed E-state index contributed by atoms with van der Waals surface area (Å²) in [5.74, 6) is 0.854. The Balaban J connectivity index is 2.90. The lowest BCUT2D eigenvalue weighted by Crippen LogP contribution is -2.28. The molecule has 0 aromatic carbocycles. The fourth-order valence-electron chi connectivity index (χ4n) is 1.07. The third-order valence-corrected chi connectivity index (χ3v) is 1.64. The van der Waals surface area contributed by atoms with Crippen LogP contribution in [0.4, 0.5) is 0 Å². The average Bonchev–Trinajstić information content (AvgIpc) is 2.03. The minimum Gasteiger partial charge on any atom is -0.288 e. The Kier molecular flexibility index (Phi) is 2.95. The largest absolute Gasteiger partial charge is 0.288 e. The van der Waals surface area contributed by atoms with Gasteiger partial charge in [-0.1, -0.05) is 13.8 Å². The van der Waals surface area contributed by atoms with Crippen molar-refractivity contribution >= 4 is 5.84 Å². The van der Waals surface area contributed by atoms with Crippen LogP contribution in [0.3, 0.4) is 0 Å². The molecule has 4 nitrogen and oxygen atoms in total. The molecule has 1 rings (SSSR count). The van der Waals surface area contributed by atoms with Crippen molar-refractivity contribution < 1.29 is 0 Å². The Morgan fingerprint density at radius 3 is 2.85 bits per heavy atom. The summed E-state index contributed by atoms with van der Waals surface area (Å²) in [6, 6.07) is 1.73. The molecule has 0 atom stereocenters. The van der Waals surface area contributed by atoms with Gasteiger partial charge in [-0.3, -0.25) is 15.4 Å². The molecule has 0 radical (unpaired) electrons. The standard InChI is InChI=1S/C9H14N4/c1-7(2)6-8(10)13-5-3-4-12-9(13)11/h3-5,7,10-11H,6H2,1-2H3. The van der Waals surface area contributed by atoms with Gasteiger partial charge in [0.05, 0.1) is 0 Å². The first-order valence-corrected chi connectivity index (χ1v) is 4.27. The second-order valence-corrected chi connectivity index (χ2v) is 3.36. The van der Waals surface area contributed by atoms with Gasteiger partial charge >= 0.3 is 0 Å². The highest BCUT2D eigenvalue weighted by atomic mass is 15.1. The fraction of sp³-hybridized carbons (Fsp3) is 0.444. The normalized spacial score (nSPS) is 10.4. The molecule has 13 heavy (non-hydrogen) atoms. The first-order chi connectivity index (χ1) is 6.11. The van der Waals surface area contributed by atoms with E-state index in [0.717, 1.165) is 0 Å². The summed E-state index contributed by atoms with van der Waals surface area (Å²) >= 11 is 0. The lowest BCUT2D eigenvalue weighted by Gasteiger charge is -2.08. The predicted octanol–water partition coefficient (Wildman–Crippen LogP) is 1.23. The monoisotopic (exact) mass is 178 g/mol. The highest BCUT2D eigenvalue weighted by Crippen LogP contribution is 2.00. The average molecular weight is 178 g/mol. The maximum Gasteiger partial charge on any atom is 0.227 e. The van der Waals surface area contributed by atoms with E-state index in [9.17, 15) is 0 Å². The van der Waals surface area contributed by atoms with E-state index in [2.05, 4.69) is 18.8 Å². The van der Waals surface area contributed by atoms with Gasteiger partial charge in [0.2, 0.25) is 5.62 Å². The van der Waals surface area contributed by atoms with E-state index in [1.165, 1.54) is 4.57 Å². The molecular formula is C9H14N4. The molecule has 0 spiro atoms. The molecule has 0 amide bonds. The van der Waals surface area contributed by atoms with Crippen LogP contribution in [0, 0.1) is 16.7 Å². The van der Waals surface area contributed by atoms with Crippen LogP contribution in [0.2, 0.25) is 0 Å². The number of rotatable bonds is 2. The minimum atomic E-state index is 0.119. The van der Waals surface area contributed by atoms with Crippen molar-refractivity contribution in [2.75, 3.05) is 0 Å². The molecule has 1 aromatic heterocycles. The zero-order valence-electron chi connectivity index (χ0n) is 7.91. The van der Waals surface area contributed by atoms with Crippen molar-refractivity contribution in [2.24, 2.45) is 5.92 Å². The maximum absolute atomic E-state index is 7.70. The van der Waals surface area contributed by atoms with Gasteiger partial charge in [-0.15, -0.1) is 0 Å². The highest BCUT2D eigenvalue weighted by molar-refractivity contribution is 5.81. The fourth-order valence-corrected chi connectivity index (χ4v) is 1.07. The van der Waals surface area contributed by atoms with E-state index in [1.54, 1.807) is 18.5 Å². The molecule has 0 fully saturated rings. The van der Waals surface area contributed by atoms with E-state index < -0.39 is 0 Å². The van der Waals surface area contributed by atoms with Crippen LogP contribution in [-0.4, -0.2) is 15.4 Å². The quantitative estimate of drug-likeness (QED) is 0.519. The number of hydrogen-bond acceptors (Lipinski definition) is 3. The van der Waals surface area contributed by atoms with Crippen LogP contribution in [0.5, 0.6) is 0 Å². The van der Waals surface area contributed by atoms with Crippen LogP contribution in [-0.2, 0) is 0 Å². The van der Waals surface area contributed by atoms with Crippen molar-refractivity contribution in [1.29, 1.82) is 10.8 Å². The van der Waals surface area contributed by atoms with Crippen LogP contribution in [0.25, 0.3) is 0 Å². The van der Waals surface area contributed by atoms with Crippen molar-refractivity contribution in [3.05, 3.63) is 24.1 Å². The summed E-state index contributed by atoms with van der Waals surface area (Å²) in [5.41, 5.74) is 0.119. The zero-order valence-corrected chi connectivity index (χ0v) is 7.91. The molecule has 0 aliphatic rings. The van der Waals surface area contributed by atoms with E-state index in [0.29, 0.717) is 18.2 Å². The molecule has 0 saturated heterocycles. The molecule has 0 aliphatic carbocycles. The van der Waals surface area contributed by atoms with E-state index in [1.807, 2.05) is 0 Å². The minimum absolute atomic E-state index is 0.119. The summed E-state index contributed by atoms with van der Waals surface area (Å²) in [5, 5.41) is 15.2. The van der Waals surface area contributed by atoms with E-state index in [4.69, 9.17) is 10.8 Å². The van der Waals surface area contributed by atoms with E-state index in [-0.39, 0.29) is 5.62 Å². The third-order valence-electron chi connectivity index (χ3n) is 1.64. The number of nitrogens with zero attached hydrogens (tertiary/aromatic N) is 2. The van der Waals surface area contributed by atoms with Gasteiger partial charge in [-0.05, 0) is 12.0 Å². The Morgan fingerprint density at radius 2 is 2.31 bits per heavy atom. The van der Waals surface area contributed by atoms with Crippen molar-refractivity contribution in [3.8, 4) is 0 Å². The summed E-state index contributed by atoms with van der Waals surface area (Å²) in [6.07, 6.45) is 3.92. The summed E-state index contributed by atoms with van der Waals surface area (Å²) in [6.45, 7) is 4.10. The molecular weight excluding hydrogens is 164 g/mol. The Bertz CT molecular complexity index is 351. The highest BCUT2D eigenvalue weighted by Gasteiger charge is 2.03. The molecule has 1 heterocycles. The Hall–Kier alpha value is -1.45. The molecule has 4 heteroatoms. The molecule has 2 N–H and O–H groups in total. The number of aromatic nitrogens is 2. The molecule has 0 bridgehead atoms. The van der Waals surface area contributed by atoms with Gasteiger partial charge in [0, 0.05) is 18.8 Å². The van der Waals surface area contributed by atoms with Gasteiger partial charge in [0.1, 0.15) is 5.84 Å². The van der Waals surface area contributed by atoms with Crippen molar-refractivity contribution in [2.45, 2.75) is 20.3 Å². The topological polar surface area (TPSA) is 65.5 Å². The van der Waals surface area contributed by atoms with Crippen molar-refractivity contribution in [3.63, 3.8) is 0 Å².